The monoisotopic (exact) mass is 247 g/mol. The van der Waals surface area contributed by atoms with Gasteiger partial charge in [-0.15, -0.1) is 0 Å². The highest BCUT2D eigenvalue weighted by atomic mass is 16.1. The summed E-state index contributed by atoms with van der Waals surface area (Å²) in [6.07, 6.45) is 4.57. The molecule has 0 saturated heterocycles. The largest absolute Gasteiger partial charge is 0.373 e. The van der Waals surface area contributed by atoms with Crippen LogP contribution in [0.2, 0.25) is 0 Å². The number of rotatable bonds is 3. The zero-order valence-corrected chi connectivity index (χ0v) is 11.1. The fourth-order valence-electron chi connectivity index (χ4n) is 2.36. The van der Waals surface area contributed by atoms with E-state index in [9.17, 15) is 4.79 Å². The van der Waals surface area contributed by atoms with Gasteiger partial charge in [0, 0.05) is 13.1 Å². The normalized spacial score (nSPS) is 23.4. The average Bonchev–Trinajstić information content (AvgIpc) is 2.41. The number of nitrogens with one attached hydrogen (secondary N) is 2. The lowest BCUT2D eigenvalue weighted by atomic mass is 9.87. The second-order valence-electron chi connectivity index (χ2n) is 5.09. The maximum atomic E-state index is 12.1. The first-order valence-corrected chi connectivity index (χ1v) is 6.64. The summed E-state index contributed by atoms with van der Waals surface area (Å²) in [4.78, 5) is 16.3. The first-order valence-electron chi connectivity index (χ1n) is 6.64. The van der Waals surface area contributed by atoms with Gasteiger partial charge in [0.25, 0.3) is 5.91 Å². The van der Waals surface area contributed by atoms with Crippen molar-refractivity contribution >= 4 is 11.7 Å². The van der Waals surface area contributed by atoms with Gasteiger partial charge in [0.2, 0.25) is 0 Å². The van der Waals surface area contributed by atoms with Gasteiger partial charge in [-0.05, 0) is 43.7 Å². The number of carbonyl (C=O) groups is 1. The molecule has 0 unspecified atom stereocenters. The van der Waals surface area contributed by atoms with Crippen LogP contribution in [0.3, 0.4) is 0 Å². The summed E-state index contributed by atoms with van der Waals surface area (Å²) in [6, 6.07) is 5.76. The molecule has 1 aliphatic carbocycles. The van der Waals surface area contributed by atoms with Crippen molar-refractivity contribution in [2.45, 2.75) is 38.6 Å². The van der Waals surface area contributed by atoms with Crippen molar-refractivity contribution < 1.29 is 4.79 Å². The predicted molar refractivity (Wildman–Crippen MR) is 72.7 cm³/mol. The van der Waals surface area contributed by atoms with Crippen molar-refractivity contribution in [1.82, 2.24) is 10.3 Å². The van der Waals surface area contributed by atoms with Gasteiger partial charge in [0.1, 0.15) is 11.5 Å². The summed E-state index contributed by atoms with van der Waals surface area (Å²) < 4.78 is 0. The molecule has 1 aromatic heterocycles. The third-order valence-electron chi connectivity index (χ3n) is 3.59. The Morgan fingerprint density at radius 1 is 1.28 bits per heavy atom. The Morgan fingerprint density at radius 3 is 2.67 bits per heavy atom. The lowest BCUT2D eigenvalue weighted by molar-refractivity contribution is 0.0918. The second kappa shape index (κ2) is 5.85. The molecule has 0 radical (unpaired) electrons. The number of amides is 1. The van der Waals surface area contributed by atoms with Crippen molar-refractivity contribution in [3.8, 4) is 0 Å². The van der Waals surface area contributed by atoms with Crippen molar-refractivity contribution in [2.24, 2.45) is 5.92 Å². The number of pyridine rings is 1. The van der Waals surface area contributed by atoms with Crippen molar-refractivity contribution in [2.75, 3.05) is 12.4 Å². The number of hydrogen-bond acceptors (Lipinski definition) is 3. The number of anilines is 1. The van der Waals surface area contributed by atoms with Crippen molar-refractivity contribution in [3.63, 3.8) is 0 Å². The highest BCUT2D eigenvalue weighted by molar-refractivity contribution is 5.92. The molecule has 4 heteroatoms. The number of carbonyl (C=O) groups excluding carboxylic acids is 1. The number of aromatic nitrogens is 1. The van der Waals surface area contributed by atoms with E-state index in [1.54, 1.807) is 13.1 Å². The quantitative estimate of drug-likeness (QED) is 0.862. The standard InChI is InChI=1S/C14H21N3O/c1-10-6-8-11(9-7-10)16-14(18)12-4-3-5-13(15-2)17-12/h3-5,10-11H,6-9H2,1-2H3,(H,15,17)(H,16,18). The van der Waals surface area contributed by atoms with E-state index in [1.165, 1.54) is 12.8 Å². The predicted octanol–water partition coefficient (Wildman–Crippen LogP) is 2.43. The Labute approximate surface area is 108 Å². The van der Waals surface area contributed by atoms with Crippen LogP contribution < -0.4 is 10.6 Å². The molecule has 0 atom stereocenters. The van der Waals surface area contributed by atoms with E-state index < -0.39 is 0 Å². The highest BCUT2D eigenvalue weighted by Gasteiger charge is 2.20. The van der Waals surface area contributed by atoms with E-state index in [0.29, 0.717) is 11.7 Å². The minimum absolute atomic E-state index is 0.0633. The van der Waals surface area contributed by atoms with Crippen LogP contribution in [0.4, 0.5) is 5.82 Å². The van der Waals surface area contributed by atoms with Crippen molar-refractivity contribution in [3.05, 3.63) is 23.9 Å². The summed E-state index contributed by atoms with van der Waals surface area (Å²) in [7, 11) is 1.80. The lowest BCUT2D eigenvalue weighted by Crippen LogP contribution is -2.37. The summed E-state index contributed by atoms with van der Waals surface area (Å²) in [5, 5.41) is 6.02. The molecule has 1 heterocycles. The topological polar surface area (TPSA) is 54.0 Å². The van der Waals surface area contributed by atoms with Crippen LogP contribution in [0.1, 0.15) is 43.1 Å². The summed E-state index contributed by atoms with van der Waals surface area (Å²) in [5.41, 5.74) is 0.487. The van der Waals surface area contributed by atoms with Crippen LogP contribution in [0.25, 0.3) is 0 Å². The fourth-order valence-corrected chi connectivity index (χ4v) is 2.36. The van der Waals surface area contributed by atoms with E-state index in [2.05, 4.69) is 22.5 Å². The summed E-state index contributed by atoms with van der Waals surface area (Å²) in [6.45, 7) is 2.27. The fraction of sp³-hybridized carbons (Fsp3) is 0.571. The zero-order valence-electron chi connectivity index (χ0n) is 11.1. The maximum absolute atomic E-state index is 12.1. The second-order valence-corrected chi connectivity index (χ2v) is 5.09. The molecule has 0 bridgehead atoms. The Hall–Kier alpha value is -1.58. The van der Waals surface area contributed by atoms with Gasteiger partial charge in [0.05, 0.1) is 0 Å². The van der Waals surface area contributed by atoms with E-state index in [4.69, 9.17) is 0 Å². The molecular formula is C14H21N3O. The van der Waals surface area contributed by atoms with Gasteiger partial charge in [-0.2, -0.15) is 0 Å². The number of nitrogens with zero attached hydrogens (tertiary/aromatic N) is 1. The Kier molecular flexibility index (Phi) is 4.18. The molecule has 4 nitrogen and oxygen atoms in total. The van der Waals surface area contributed by atoms with Crippen LogP contribution in [0.5, 0.6) is 0 Å². The van der Waals surface area contributed by atoms with Crippen LogP contribution in [0, 0.1) is 5.92 Å². The average molecular weight is 247 g/mol. The zero-order chi connectivity index (χ0) is 13.0. The molecule has 1 fully saturated rings. The minimum Gasteiger partial charge on any atom is -0.373 e. The Bertz CT molecular complexity index is 411. The van der Waals surface area contributed by atoms with Crippen molar-refractivity contribution in [1.29, 1.82) is 0 Å². The lowest BCUT2D eigenvalue weighted by Gasteiger charge is -2.26. The van der Waals surface area contributed by atoms with E-state index in [0.717, 1.165) is 24.6 Å². The highest BCUT2D eigenvalue weighted by Crippen LogP contribution is 2.23. The van der Waals surface area contributed by atoms with Crippen LogP contribution in [0.15, 0.2) is 18.2 Å². The van der Waals surface area contributed by atoms with Crippen LogP contribution >= 0.6 is 0 Å². The van der Waals surface area contributed by atoms with E-state index in [1.807, 2.05) is 12.1 Å². The maximum Gasteiger partial charge on any atom is 0.270 e. The van der Waals surface area contributed by atoms with Gasteiger partial charge in [-0.3, -0.25) is 4.79 Å². The molecule has 1 aliphatic rings. The first-order chi connectivity index (χ1) is 8.69. The van der Waals surface area contributed by atoms with Gasteiger partial charge >= 0.3 is 0 Å². The van der Waals surface area contributed by atoms with Gasteiger partial charge < -0.3 is 10.6 Å². The molecule has 98 valence electrons. The molecule has 2 rings (SSSR count). The smallest absolute Gasteiger partial charge is 0.270 e. The van der Waals surface area contributed by atoms with Gasteiger partial charge in [-0.25, -0.2) is 4.98 Å². The third-order valence-corrected chi connectivity index (χ3v) is 3.59. The van der Waals surface area contributed by atoms with E-state index in [-0.39, 0.29) is 5.91 Å². The SMILES string of the molecule is CNc1cccc(C(=O)NC2CCC(C)CC2)n1. The van der Waals surface area contributed by atoms with Crippen LogP contribution in [-0.2, 0) is 0 Å². The molecule has 1 saturated carbocycles. The first kappa shape index (κ1) is 12.9. The molecule has 0 spiro atoms. The summed E-state index contributed by atoms with van der Waals surface area (Å²) >= 11 is 0. The molecule has 18 heavy (non-hydrogen) atoms. The molecule has 0 aliphatic heterocycles. The molecule has 1 amide bonds. The van der Waals surface area contributed by atoms with Crippen LogP contribution in [-0.4, -0.2) is 24.0 Å². The van der Waals surface area contributed by atoms with Gasteiger partial charge in [-0.1, -0.05) is 13.0 Å². The minimum atomic E-state index is -0.0633. The summed E-state index contributed by atoms with van der Waals surface area (Å²) in [5.74, 6) is 1.45. The molecule has 0 aromatic carbocycles. The number of hydrogen-bond donors (Lipinski definition) is 2. The molecular weight excluding hydrogens is 226 g/mol. The molecule has 1 aromatic rings. The Morgan fingerprint density at radius 2 is 2.00 bits per heavy atom. The molecule has 2 N–H and O–H groups in total. The third kappa shape index (κ3) is 3.22. The van der Waals surface area contributed by atoms with E-state index >= 15 is 0 Å². The Balaban J connectivity index is 1.94. The van der Waals surface area contributed by atoms with Gasteiger partial charge in [0.15, 0.2) is 0 Å².